The third kappa shape index (κ3) is 4.08. The van der Waals surface area contributed by atoms with Crippen LogP contribution < -0.4 is 9.47 Å². The quantitative estimate of drug-likeness (QED) is 0.341. The number of benzene rings is 2. The summed E-state index contributed by atoms with van der Waals surface area (Å²) in [5, 5.41) is 1.95. The summed E-state index contributed by atoms with van der Waals surface area (Å²) in [6, 6.07) is 19.3. The molecular formula is C30H26N4O3. The minimum Gasteiger partial charge on any atom is -0.493 e. The van der Waals surface area contributed by atoms with Crippen LogP contribution >= 0.6 is 0 Å². The topological polar surface area (TPSA) is 80.3 Å². The normalized spacial score (nSPS) is 13.6. The Bertz CT molecular complexity index is 1670. The van der Waals surface area contributed by atoms with Crippen molar-refractivity contribution < 1.29 is 14.3 Å². The van der Waals surface area contributed by atoms with Gasteiger partial charge in [0.2, 0.25) is 0 Å². The van der Waals surface area contributed by atoms with Gasteiger partial charge in [-0.1, -0.05) is 24.3 Å². The van der Waals surface area contributed by atoms with Crippen molar-refractivity contribution in [3.05, 3.63) is 90.3 Å². The van der Waals surface area contributed by atoms with E-state index < -0.39 is 0 Å². The summed E-state index contributed by atoms with van der Waals surface area (Å²) in [4.78, 5) is 28.2. The Labute approximate surface area is 214 Å². The van der Waals surface area contributed by atoms with Crippen molar-refractivity contribution >= 4 is 33.4 Å². The van der Waals surface area contributed by atoms with Crippen LogP contribution in [-0.2, 0) is 0 Å². The Morgan fingerprint density at radius 3 is 2.62 bits per heavy atom. The highest BCUT2D eigenvalue weighted by Gasteiger charge is 2.23. The van der Waals surface area contributed by atoms with E-state index in [1.807, 2.05) is 65.7 Å². The predicted octanol–water partition coefficient (Wildman–Crippen LogP) is 5.72. The van der Waals surface area contributed by atoms with Gasteiger partial charge in [0.25, 0.3) is 5.91 Å². The van der Waals surface area contributed by atoms with Crippen molar-refractivity contribution in [2.45, 2.75) is 6.42 Å². The van der Waals surface area contributed by atoms with Gasteiger partial charge in [-0.3, -0.25) is 4.79 Å². The average molecular weight is 491 g/mol. The van der Waals surface area contributed by atoms with Gasteiger partial charge < -0.3 is 19.4 Å². The van der Waals surface area contributed by atoms with E-state index >= 15 is 0 Å². The molecule has 7 heteroatoms. The first kappa shape index (κ1) is 22.8. The molecule has 184 valence electrons. The fourth-order valence-corrected chi connectivity index (χ4v) is 4.99. The summed E-state index contributed by atoms with van der Waals surface area (Å²) in [5.74, 6) is 1.26. The van der Waals surface area contributed by atoms with Gasteiger partial charge in [0, 0.05) is 47.4 Å². The number of hydrogen-bond donors (Lipinski definition) is 1. The number of methoxy groups -OCH3 is 2. The molecule has 0 saturated heterocycles. The molecule has 1 N–H and O–H groups in total. The molecule has 37 heavy (non-hydrogen) atoms. The number of aromatic nitrogens is 3. The third-order valence-corrected chi connectivity index (χ3v) is 6.92. The number of hydrogen-bond acceptors (Lipinski definition) is 5. The monoisotopic (exact) mass is 490 g/mol. The summed E-state index contributed by atoms with van der Waals surface area (Å²) in [6.45, 7) is 1.18. The highest BCUT2D eigenvalue weighted by atomic mass is 16.5. The number of amides is 1. The van der Waals surface area contributed by atoms with Crippen LogP contribution in [0, 0.1) is 0 Å². The van der Waals surface area contributed by atoms with Crippen LogP contribution in [0.15, 0.2) is 79.1 Å². The maximum Gasteiger partial charge on any atom is 0.254 e. The molecule has 0 atom stereocenters. The van der Waals surface area contributed by atoms with Crippen LogP contribution in [0.5, 0.6) is 11.5 Å². The second kappa shape index (κ2) is 9.43. The standard InChI is InChI=1S/C30H26N4O3/c1-36-27-10-9-20(16-28(27)37-2)26-17-23(21-6-3-4-8-25(21)33-26)30(35)34-14-11-19(12-15-34)24-18-32-29-22(24)7-5-13-31-29/h3-11,13,16-18H,12,14-15H2,1-2H3,(H,31,32). The average Bonchev–Trinajstić information content (AvgIpc) is 3.40. The molecule has 3 aromatic heterocycles. The third-order valence-electron chi connectivity index (χ3n) is 6.92. The molecule has 0 spiro atoms. The van der Waals surface area contributed by atoms with Gasteiger partial charge in [0.1, 0.15) is 5.65 Å². The van der Waals surface area contributed by atoms with E-state index in [-0.39, 0.29) is 5.91 Å². The van der Waals surface area contributed by atoms with Gasteiger partial charge in [0.05, 0.1) is 31.0 Å². The number of carbonyl (C=O) groups excluding carboxylic acids is 1. The second-order valence-corrected chi connectivity index (χ2v) is 8.97. The summed E-state index contributed by atoms with van der Waals surface area (Å²) >= 11 is 0. The molecule has 7 nitrogen and oxygen atoms in total. The first-order valence-corrected chi connectivity index (χ1v) is 12.2. The van der Waals surface area contributed by atoms with Gasteiger partial charge in [-0.15, -0.1) is 0 Å². The van der Waals surface area contributed by atoms with E-state index in [9.17, 15) is 4.79 Å². The van der Waals surface area contributed by atoms with Gasteiger partial charge in [0.15, 0.2) is 11.5 Å². The molecule has 0 unspecified atom stereocenters. The zero-order valence-corrected chi connectivity index (χ0v) is 20.7. The fourth-order valence-electron chi connectivity index (χ4n) is 4.99. The first-order chi connectivity index (χ1) is 18.2. The summed E-state index contributed by atoms with van der Waals surface area (Å²) in [5.41, 5.74) is 6.24. The number of para-hydroxylation sites is 1. The minimum absolute atomic E-state index is 0.00350. The number of nitrogens with one attached hydrogen (secondary N) is 1. The molecule has 6 rings (SSSR count). The molecule has 1 amide bonds. The van der Waals surface area contributed by atoms with Crippen LogP contribution in [0.25, 0.3) is 38.8 Å². The van der Waals surface area contributed by atoms with Crippen LogP contribution in [0.2, 0.25) is 0 Å². The summed E-state index contributed by atoms with van der Waals surface area (Å²) in [6.07, 6.45) is 6.72. The molecular weight excluding hydrogens is 464 g/mol. The Balaban J connectivity index is 1.34. The zero-order chi connectivity index (χ0) is 25.4. The van der Waals surface area contributed by atoms with Crippen LogP contribution in [0.4, 0.5) is 0 Å². The smallest absolute Gasteiger partial charge is 0.254 e. The molecule has 1 aliphatic heterocycles. The lowest BCUT2D eigenvalue weighted by molar-refractivity contribution is 0.0775. The van der Waals surface area contributed by atoms with Crippen molar-refractivity contribution in [3.8, 4) is 22.8 Å². The van der Waals surface area contributed by atoms with Crippen molar-refractivity contribution in [2.75, 3.05) is 27.3 Å². The highest BCUT2D eigenvalue weighted by Crippen LogP contribution is 2.34. The van der Waals surface area contributed by atoms with Crippen LogP contribution in [0.3, 0.4) is 0 Å². The molecule has 4 heterocycles. The van der Waals surface area contributed by atoms with Crippen molar-refractivity contribution in [1.82, 2.24) is 19.9 Å². The molecule has 0 bridgehead atoms. The number of ether oxygens (including phenoxy) is 2. The Morgan fingerprint density at radius 2 is 1.81 bits per heavy atom. The molecule has 0 fully saturated rings. The number of H-pyrrole nitrogens is 1. The highest BCUT2D eigenvalue weighted by molar-refractivity contribution is 6.07. The van der Waals surface area contributed by atoms with E-state index in [2.05, 4.69) is 22.1 Å². The van der Waals surface area contributed by atoms with Gasteiger partial charge in [-0.2, -0.15) is 0 Å². The largest absolute Gasteiger partial charge is 0.493 e. The molecule has 0 saturated carbocycles. The number of carbonyl (C=O) groups is 1. The lowest BCUT2D eigenvalue weighted by atomic mass is 9.98. The number of pyridine rings is 2. The maximum absolute atomic E-state index is 13.8. The minimum atomic E-state index is -0.00350. The van der Waals surface area contributed by atoms with E-state index in [1.54, 1.807) is 20.4 Å². The Kier molecular flexibility index (Phi) is 5.81. The van der Waals surface area contributed by atoms with Crippen LogP contribution in [-0.4, -0.2) is 53.1 Å². The van der Waals surface area contributed by atoms with E-state index in [0.717, 1.165) is 39.5 Å². The molecule has 2 aromatic carbocycles. The SMILES string of the molecule is COc1ccc(-c2cc(C(=O)N3CC=C(c4c[nH]c5ncccc45)CC3)c3ccccc3n2)cc1OC. The summed E-state index contributed by atoms with van der Waals surface area (Å²) < 4.78 is 10.9. The number of rotatable bonds is 5. The second-order valence-electron chi connectivity index (χ2n) is 8.97. The van der Waals surface area contributed by atoms with Crippen molar-refractivity contribution in [2.24, 2.45) is 0 Å². The van der Waals surface area contributed by atoms with Crippen molar-refractivity contribution in [3.63, 3.8) is 0 Å². The van der Waals surface area contributed by atoms with Gasteiger partial charge in [-0.05, 0) is 54.5 Å². The number of fused-ring (bicyclic) bond motifs is 2. The number of aromatic amines is 1. The van der Waals surface area contributed by atoms with Crippen LogP contribution in [0.1, 0.15) is 22.3 Å². The number of nitrogens with zero attached hydrogens (tertiary/aromatic N) is 3. The first-order valence-electron chi connectivity index (χ1n) is 12.2. The molecule has 0 aliphatic carbocycles. The molecule has 5 aromatic rings. The maximum atomic E-state index is 13.8. The van der Waals surface area contributed by atoms with E-state index in [0.29, 0.717) is 35.8 Å². The molecule has 1 aliphatic rings. The zero-order valence-electron chi connectivity index (χ0n) is 20.7. The van der Waals surface area contributed by atoms with E-state index in [4.69, 9.17) is 14.5 Å². The Morgan fingerprint density at radius 1 is 0.973 bits per heavy atom. The predicted molar refractivity (Wildman–Crippen MR) is 145 cm³/mol. The Hall–Kier alpha value is -4.65. The fraction of sp³-hybridized carbons (Fsp3) is 0.167. The van der Waals surface area contributed by atoms with E-state index in [1.165, 1.54) is 5.57 Å². The van der Waals surface area contributed by atoms with Gasteiger partial charge >= 0.3 is 0 Å². The molecule has 0 radical (unpaired) electrons. The van der Waals surface area contributed by atoms with Crippen molar-refractivity contribution in [1.29, 1.82) is 0 Å². The summed E-state index contributed by atoms with van der Waals surface area (Å²) in [7, 11) is 3.21. The van der Waals surface area contributed by atoms with Gasteiger partial charge in [-0.25, -0.2) is 9.97 Å². The lowest BCUT2D eigenvalue weighted by Crippen LogP contribution is -2.34. The lowest BCUT2D eigenvalue weighted by Gasteiger charge is -2.27.